The van der Waals surface area contributed by atoms with E-state index in [1.807, 2.05) is 0 Å². The van der Waals surface area contributed by atoms with Crippen LogP contribution >= 0.6 is 0 Å². The number of aromatic nitrogens is 4. The maximum atomic E-state index is 12.3. The van der Waals surface area contributed by atoms with E-state index in [1.54, 1.807) is 37.3 Å². The first-order valence-corrected chi connectivity index (χ1v) is 6.63. The molecule has 0 unspecified atom stereocenters. The van der Waals surface area contributed by atoms with Gasteiger partial charge in [0, 0.05) is 6.92 Å². The van der Waals surface area contributed by atoms with Crippen LogP contribution in [0.1, 0.15) is 5.69 Å². The molecule has 1 aromatic carbocycles. The number of hydrogen-bond donors (Lipinski definition) is 0. The molecule has 0 atom stereocenters. The molecule has 9 nitrogen and oxygen atoms in total. The first kappa shape index (κ1) is 14.6. The van der Waals surface area contributed by atoms with Gasteiger partial charge in [-0.3, -0.25) is 4.79 Å². The summed E-state index contributed by atoms with van der Waals surface area (Å²) in [5, 5.41) is 19.0. The highest BCUT2D eigenvalue weighted by molar-refractivity contribution is 5.76. The van der Waals surface area contributed by atoms with Crippen LogP contribution < -0.4 is 10.3 Å². The molecule has 0 aliphatic rings. The molecule has 0 fully saturated rings. The summed E-state index contributed by atoms with van der Waals surface area (Å²) >= 11 is 0. The van der Waals surface area contributed by atoms with Gasteiger partial charge in [0.1, 0.15) is 11.2 Å². The van der Waals surface area contributed by atoms with Crippen LogP contribution in [0.4, 0.5) is 5.82 Å². The second-order valence-electron chi connectivity index (χ2n) is 4.72. The molecule has 0 amide bonds. The van der Waals surface area contributed by atoms with Crippen molar-refractivity contribution in [1.29, 1.82) is 0 Å². The molecule has 0 aliphatic carbocycles. The minimum atomic E-state index is -0.642. The van der Waals surface area contributed by atoms with E-state index in [9.17, 15) is 14.9 Å². The lowest BCUT2D eigenvalue weighted by atomic mass is 10.2. The summed E-state index contributed by atoms with van der Waals surface area (Å²) in [7, 11) is 0. The predicted molar refractivity (Wildman–Crippen MR) is 80.1 cm³/mol. The fourth-order valence-electron chi connectivity index (χ4n) is 2.01. The van der Waals surface area contributed by atoms with Crippen molar-refractivity contribution in [2.45, 2.75) is 13.7 Å². The van der Waals surface area contributed by atoms with Crippen molar-refractivity contribution in [2.75, 3.05) is 0 Å². The Bertz CT molecular complexity index is 953. The van der Waals surface area contributed by atoms with E-state index in [1.165, 1.54) is 6.07 Å². The van der Waals surface area contributed by atoms with Crippen LogP contribution in [0.25, 0.3) is 10.9 Å². The summed E-state index contributed by atoms with van der Waals surface area (Å²) < 4.78 is 6.32. The van der Waals surface area contributed by atoms with E-state index < -0.39 is 16.3 Å². The maximum absolute atomic E-state index is 12.3. The van der Waals surface area contributed by atoms with Crippen LogP contribution in [0.3, 0.4) is 0 Å². The van der Waals surface area contributed by atoms with Crippen molar-refractivity contribution in [3.63, 3.8) is 0 Å². The Balaban J connectivity index is 1.91. The standard InChI is InChI=1S/C14H11N5O4/c1-9-6-7-12(13(15-9)19(21)22)23-8-18-14(20)10-4-2-3-5-11(10)16-17-18/h2-7H,8H2,1H3. The Labute approximate surface area is 129 Å². The molecular weight excluding hydrogens is 302 g/mol. The van der Waals surface area contributed by atoms with Gasteiger partial charge in [-0.05, 0) is 34.2 Å². The van der Waals surface area contributed by atoms with Gasteiger partial charge >= 0.3 is 5.82 Å². The lowest BCUT2D eigenvalue weighted by Gasteiger charge is -2.07. The van der Waals surface area contributed by atoms with Crippen molar-refractivity contribution in [3.05, 3.63) is 62.6 Å². The molecule has 0 spiro atoms. The average Bonchev–Trinajstić information content (AvgIpc) is 2.55. The number of rotatable bonds is 4. The smallest absolute Gasteiger partial charge is 0.406 e. The van der Waals surface area contributed by atoms with Crippen molar-refractivity contribution < 1.29 is 9.66 Å². The van der Waals surface area contributed by atoms with E-state index in [0.717, 1.165) is 4.68 Å². The Kier molecular flexibility index (Phi) is 3.67. The summed E-state index contributed by atoms with van der Waals surface area (Å²) in [6, 6.07) is 9.77. The van der Waals surface area contributed by atoms with Gasteiger partial charge in [0.05, 0.1) is 5.39 Å². The number of benzene rings is 1. The summed E-state index contributed by atoms with van der Waals surface area (Å²) in [5.41, 5.74) is 0.571. The third kappa shape index (κ3) is 2.84. The van der Waals surface area contributed by atoms with Gasteiger partial charge in [-0.25, -0.2) is 0 Å². The van der Waals surface area contributed by atoms with E-state index in [-0.39, 0.29) is 12.5 Å². The highest BCUT2D eigenvalue weighted by Gasteiger charge is 2.18. The molecule has 0 N–H and O–H groups in total. The summed E-state index contributed by atoms with van der Waals surface area (Å²) in [4.78, 5) is 26.4. The quantitative estimate of drug-likeness (QED) is 0.529. The van der Waals surface area contributed by atoms with Gasteiger partial charge in [0.25, 0.3) is 5.56 Å². The highest BCUT2D eigenvalue weighted by Crippen LogP contribution is 2.24. The number of nitro groups is 1. The van der Waals surface area contributed by atoms with Crippen LogP contribution in [0.2, 0.25) is 0 Å². The van der Waals surface area contributed by atoms with E-state index >= 15 is 0 Å². The van der Waals surface area contributed by atoms with Gasteiger partial charge in [0.15, 0.2) is 6.73 Å². The SMILES string of the molecule is Cc1ccc(OCn2nnc3ccccc3c2=O)c([N+](=O)[O-])n1. The van der Waals surface area contributed by atoms with Crippen LogP contribution in [0, 0.1) is 17.0 Å². The molecule has 0 saturated heterocycles. The van der Waals surface area contributed by atoms with Gasteiger partial charge in [-0.1, -0.05) is 17.3 Å². The third-order valence-corrected chi connectivity index (χ3v) is 3.12. The van der Waals surface area contributed by atoms with Crippen molar-refractivity contribution in [3.8, 4) is 5.75 Å². The fourth-order valence-corrected chi connectivity index (χ4v) is 2.01. The summed E-state index contributed by atoms with van der Waals surface area (Å²) in [5.74, 6) is -0.450. The molecule has 0 aliphatic heterocycles. The van der Waals surface area contributed by atoms with Gasteiger partial charge < -0.3 is 14.9 Å². The summed E-state index contributed by atoms with van der Waals surface area (Å²) in [6.07, 6.45) is 0. The second-order valence-corrected chi connectivity index (χ2v) is 4.72. The number of nitrogens with zero attached hydrogens (tertiary/aromatic N) is 5. The summed E-state index contributed by atoms with van der Waals surface area (Å²) in [6.45, 7) is 1.33. The zero-order valence-corrected chi connectivity index (χ0v) is 12.0. The molecular formula is C14H11N5O4. The minimum absolute atomic E-state index is 0.0394. The maximum Gasteiger partial charge on any atom is 0.406 e. The largest absolute Gasteiger partial charge is 0.462 e. The molecule has 0 radical (unpaired) electrons. The first-order chi connectivity index (χ1) is 11.1. The lowest BCUT2D eigenvalue weighted by molar-refractivity contribution is -0.390. The van der Waals surface area contributed by atoms with Gasteiger partial charge in [0.2, 0.25) is 5.75 Å². The molecule has 0 bridgehead atoms. The molecule has 9 heteroatoms. The van der Waals surface area contributed by atoms with Gasteiger partial charge in [-0.2, -0.15) is 4.68 Å². The molecule has 3 rings (SSSR count). The number of fused-ring (bicyclic) bond motifs is 1. The van der Waals surface area contributed by atoms with Crippen molar-refractivity contribution in [1.82, 2.24) is 20.0 Å². The van der Waals surface area contributed by atoms with Crippen LogP contribution in [0.5, 0.6) is 5.75 Å². The van der Waals surface area contributed by atoms with E-state index in [0.29, 0.717) is 16.6 Å². The zero-order chi connectivity index (χ0) is 16.4. The molecule has 2 heterocycles. The number of aryl methyl sites for hydroxylation is 1. The Hall–Kier alpha value is -3.36. The Morgan fingerprint density at radius 3 is 2.83 bits per heavy atom. The Morgan fingerprint density at radius 1 is 1.26 bits per heavy atom. The fraction of sp³-hybridized carbons (Fsp3) is 0.143. The van der Waals surface area contributed by atoms with E-state index in [4.69, 9.17) is 4.74 Å². The highest BCUT2D eigenvalue weighted by atomic mass is 16.6. The molecule has 3 aromatic rings. The average molecular weight is 313 g/mol. The predicted octanol–water partition coefficient (Wildman–Crippen LogP) is 1.44. The van der Waals surface area contributed by atoms with Crippen molar-refractivity contribution in [2.24, 2.45) is 0 Å². The van der Waals surface area contributed by atoms with Crippen LogP contribution in [-0.4, -0.2) is 24.9 Å². The third-order valence-electron chi connectivity index (χ3n) is 3.12. The first-order valence-electron chi connectivity index (χ1n) is 6.63. The minimum Gasteiger partial charge on any atom is -0.462 e. The van der Waals surface area contributed by atoms with Crippen LogP contribution in [0.15, 0.2) is 41.2 Å². The number of ether oxygens (including phenoxy) is 1. The lowest BCUT2D eigenvalue weighted by Crippen LogP contribution is -2.26. The number of pyridine rings is 1. The number of hydrogen-bond acceptors (Lipinski definition) is 7. The normalized spacial score (nSPS) is 10.7. The van der Waals surface area contributed by atoms with Gasteiger partial charge in [-0.15, -0.1) is 5.10 Å². The second kappa shape index (κ2) is 5.79. The molecule has 2 aromatic heterocycles. The molecule has 0 saturated carbocycles. The molecule has 116 valence electrons. The molecule has 23 heavy (non-hydrogen) atoms. The van der Waals surface area contributed by atoms with E-state index in [2.05, 4.69) is 15.3 Å². The van der Waals surface area contributed by atoms with Crippen LogP contribution in [-0.2, 0) is 6.73 Å². The zero-order valence-electron chi connectivity index (χ0n) is 12.0. The monoisotopic (exact) mass is 313 g/mol. The van der Waals surface area contributed by atoms with Crippen molar-refractivity contribution >= 4 is 16.7 Å². The Morgan fingerprint density at radius 2 is 2.04 bits per heavy atom. The topological polar surface area (TPSA) is 113 Å².